The van der Waals surface area contributed by atoms with E-state index in [2.05, 4.69) is 16.0 Å². The lowest BCUT2D eigenvalue weighted by Gasteiger charge is -2.24. The highest BCUT2D eigenvalue weighted by Crippen LogP contribution is 2.23. The number of nitrogens with one attached hydrogen (secondary N) is 3. The normalized spacial score (nSPS) is 10.5. The number of hydrogen-bond acceptors (Lipinski definition) is 4. The van der Waals surface area contributed by atoms with Crippen LogP contribution >= 0.6 is 0 Å². The molecule has 0 bridgehead atoms. The lowest BCUT2D eigenvalue weighted by molar-refractivity contribution is -0.120. The molecule has 3 amide bonds. The number of rotatable bonds is 7. The molecule has 1 aromatic carbocycles. The molecule has 0 spiro atoms. The Hall–Kier alpha value is -3.03. The summed E-state index contributed by atoms with van der Waals surface area (Å²) in [6, 6.07) is 7.44. The average molecular weight is 362 g/mol. The Morgan fingerprint density at radius 3 is 2.62 bits per heavy atom. The van der Waals surface area contributed by atoms with Crippen LogP contribution < -0.4 is 20.9 Å². The summed E-state index contributed by atoms with van der Waals surface area (Å²) in [5.41, 5.74) is 0.750. The molecule has 0 radical (unpaired) electrons. The maximum Gasteiger partial charge on any atom is 0.319 e. The highest BCUT2D eigenvalue weighted by molar-refractivity contribution is 5.92. The Bertz CT molecular complexity index is 747. The van der Waals surface area contributed by atoms with Crippen LogP contribution in [0.4, 0.5) is 20.6 Å². The maximum atomic E-state index is 14.2. The zero-order chi connectivity index (χ0) is 19.1. The average Bonchev–Trinajstić information content (AvgIpc) is 3.11. The van der Waals surface area contributed by atoms with E-state index in [-0.39, 0.29) is 25.0 Å². The summed E-state index contributed by atoms with van der Waals surface area (Å²) in [4.78, 5) is 25.3. The standard InChI is InChI=1S/C18H23FN4O3/c1-12(2)23(3)16-7-6-13(9-15(16)19)22-18(25)21-11-17(24)20-10-14-5-4-8-26-14/h4-9,12H,10-11H2,1-3H3,(H,20,24)(H2,21,22,25). The van der Waals surface area contributed by atoms with Crippen LogP contribution in [-0.2, 0) is 11.3 Å². The lowest BCUT2D eigenvalue weighted by Crippen LogP contribution is -2.38. The Labute approximate surface area is 151 Å². The number of carbonyl (C=O) groups is 2. The van der Waals surface area contributed by atoms with Gasteiger partial charge in [-0.1, -0.05) is 0 Å². The highest BCUT2D eigenvalue weighted by atomic mass is 19.1. The van der Waals surface area contributed by atoms with Gasteiger partial charge < -0.3 is 25.3 Å². The molecule has 3 N–H and O–H groups in total. The van der Waals surface area contributed by atoms with E-state index in [4.69, 9.17) is 4.42 Å². The Balaban J connectivity index is 1.80. The molecule has 2 aromatic rings. The van der Waals surface area contributed by atoms with Crippen molar-refractivity contribution in [3.05, 3.63) is 48.2 Å². The minimum atomic E-state index is -0.595. The number of halogens is 1. The first-order valence-corrected chi connectivity index (χ1v) is 8.23. The van der Waals surface area contributed by atoms with E-state index < -0.39 is 11.8 Å². The number of anilines is 2. The molecule has 2 rings (SSSR count). The second-order valence-electron chi connectivity index (χ2n) is 6.03. The number of carbonyl (C=O) groups excluding carboxylic acids is 2. The van der Waals surface area contributed by atoms with Gasteiger partial charge in [0.15, 0.2) is 0 Å². The molecule has 140 valence electrons. The third kappa shape index (κ3) is 5.51. The van der Waals surface area contributed by atoms with Crippen LogP contribution in [0, 0.1) is 5.82 Å². The first kappa shape index (κ1) is 19.3. The van der Waals surface area contributed by atoms with Crippen molar-refractivity contribution in [2.75, 3.05) is 23.8 Å². The molecule has 0 atom stereocenters. The summed E-state index contributed by atoms with van der Waals surface area (Å²) in [5.74, 6) is -0.184. The van der Waals surface area contributed by atoms with Gasteiger partial charge >= 0.3 is 6.03 Å². The zero-order valence-electron chi connectivity index (χ0n) is 15.0. The van der Waals surface area contributed by atoms with E-state index in [1.807, 2.05) is 13.8 Å². The van der Waals surface area contributed by atoms with Gasteiger partial charge in [-0.2, -0.15) is 0 Å². The number of urea groups is 1. The molecule has 1 heterocycles. The first-order valence-electron chi connectivity index (χ1n) is 8.23. The Morgan fingerprint density at radius 2 is 2.00 bits per heavy atom. The summed E-state index contributed by atoms with van der Waals surface area (Å²) in [5, 5.41) is 7.51. The predicted molar refractivity (Wildman–Crippen MR) is 97.5 cm³/mol. The van der Waals surface area contributed by atoms with Gasteiger partial charge in [0.05, 0.1) is 25.0 Å². The van der Waals surface area contributed by atoms with Crippen molar-refractivity contribution in [1.82, 2.24) is 10.6 Å². The fourth-order valence-corrected chi connectivity index (χ4v) is 2.15. The van der Waals surface area contributed by atoms with E-state index >= 15 is 0 Å². The van der Waals surface area contributed by atoms with Crippen LogP contribution in [0.5, 0.6) is 0 Å². The Morgan fingerprint density at radius 1 is 1.23 bits per heavy atom. The molecule has 0 saturated heterocycles. The molecule has 0 fully saturated rings. The summed E-state index contributed by atoms with van der Waals surface area (Å²) in [7, 11) is 1.80. The number of hydrogen-bond donors (Lipinski definition) is 3. The summed E-state index contributed by atoms with van der Waals surface area (Å²) in [6.45, 7) is 3.94. The largest absolute Gasteiger partial charge is 0.467 e. The van der Waals surface area contributed by atoms with Crippen LogP contribution in [0.25, 0.3) is 0 Å². The molecule has 0 unspecified atom stereocenters. The van der Waals surface area contributed by atoms with Crippen molar-refractivity contribution < 1.29 is 18.4 Å². The quantitative estimate of drug-likeness (QED) is 0.707. The maximum absolute atomic E-state index is 14.2. The van der Waals surface area contributed by atoms with Gasteiger partial charge in [0.2, 0.25) is 5.91 Å². The minimum Gasteiger partial charge on any atom is -0.467 e. The second kappa shape index (κ2) is 8.89. The second-order valence-corrected chi connectivity index (χ2v) is 6.03. The molecule has 0 saturated carbocycles. The monoisotopic (exact) mass is 362 g/mol. The molecule has 0 aliphatic carbocycles. The molecule has 0 aliphatic rings. The molecule has 26 heavy (non-hydrogen) atoms. The van der Waals surface area contributed by atoms with E-state index in [0.29, 0.717) is 17.1 Å². The van der Waals surface area contributed by atoms with Crippen LogP contribution in [0.1, 0.15) is 19.6 Å². The Kier molecular flexibility index (Phi) is 6.60. The fraction of sp³-hybridized carbons (Fsp3) is 0.333. The van der Waals surface area contributed by atoms with E-state index in [1.165, 1.54) is 12.3 Å². The van der Waals surface area contributed by atoms with Crippen LogP contribution in [0.2, 0.25) is 0 Å². The van der Waals surface area contributed by atoms with Crippen LogP contribution in [0.15, 0.2) is 41.0 Å². The topological polar surface area (TPSA) is 86.6 Å². The summed E-state index contributed by atoms with van der Waals surface area (Å²) < 4.78 is 19.3. The zero-order valence-corrected chi connectivity index (χ0v) is 15.0. The number of amides is 3. The van der Waals surface area contributed by atoms with Gasteiger partial charge in [0.25, 0.3) is 0 Å². The predicted octanol–water partition coefficient (Wildman–Crippen LogP) is 2.70. The van der Waals surface area contributed by atoms with E-state index in [1.54, 1.807) is 36.2 Å². The van der Waals surface area contributed by atoms with E-state index in [9.17, 15) is 14.0 Å². The summed E-state index contributed by atoms with van der Waals surface area (Å²) in [6.07, 6.45) is 1.51. The number of furan rings is 1. The van der Waals surface area contributed by atoms with Gasteiger partial charge in [-0.25, -0.2) is 9.18 Å². The molecular formula is C18H23FN4O3. The third-order valence-corrected chi connectivity index (χ3v) is 3.81. The molecule has 8 heteroatoms. The lowest BCUT2D eigenvalue weighted by atomic mass is 10.2. The molecule has 7 nitrogen and oxygen atoms in total. The molecule has 1 aromatic heterocycles. The third-order valence-electron chi connectivity index (χ3n) is 3.81. The van der Waals surface area contributed by atoms with Gasteiger partial charge in [-0.05, 0) is 44.2 Å². The smallest absolute Gasteiger partial charge is 0.319 e. The van der Waals surface area contributed by atoms with Gasteiger partial charge in [-0.15, -0.1) is 0 Å². The van der Waals surface area contributed by atoms with Crippen molar-refractivity contribution in [1.29, 1.82) is 0 Å². The van der Waals surface area contributed by atoms with Crippen molar-refractivity contribution >= 4 is 23.3 Å². The molecular weight excluding hydrogens is 339 g/mol. The number of benzene rings is 1. The van der Waals surface area contributed by atoms with E-state index in [0.717, 1.165) is 0 Å². The SMILES string of the molecule is CC(C)N(C)c1ccc(NC(=O)NCC(=O)NCc2ccco2)cc1F. The van der Waals surface area contributed by atoms with Crippen LogP contribution in [0.3, 0.4) is 0 Å². The van der Waals surface area contributed by atoms with Gasteiger partial charge in [-0.3, -0.25) is 4.79 Å². The fourth-order valence-electron chi connectivity index (χ4n) is 2.15. The van der Waals surface area contributed by atoms with Crippen molar-refractivity contribution in [2.24, 2.45) is 0 Å². The van der Waals surface area contributed by atoms with Crippen molar-refractivity contribution in [3.8, 4) is 0 Å². The van der Waals surface area contributed by atoms with Crippen molar-refractivity contribution in [2.45, 2.75) is 26.4 Å². The highest BCUT2D eigenvalue weighted by Gasteiger charge is 2.12. The van der Waals surface area contributed by atoms with Crippen molar-refractivity contribution in [3.63, 3.8) is 0 Å². The minimum absolute atomic E-state index is 0.145. The number of nitrogens with zero attached hydrogens (tertiary/aromatic N) is 1. The van der Waals surface area contributed by atoms with Crippen LogP contribution in [-0.4, -0.2) is 31.6 Å². The summed E-state index contributed by atoms with van der Waals surface area (Å²) >= 11 is 0. The van der Waals surface area contributed by atoms with Gasteiger partial charge in [0.1, 0.15) is 11.6 Å². The first-order chi connectivity index (χ1) is 12.4. The van der Waals surface area contributed by atoms with Gasteiger partial charge in [0, 0.05) is 18.8 Å². The molecule has 0 aliphatic heterocycles.